The molecule has 1 amide bonds. The number of nitrogens with one attached hydrogen (secondary N) is 1. The molecule has 0 aliphatic carbocycles. The number of hydrogen-bond acceptors (Lipinski definition) is 6. The van der Waals surface area contributed by atoms with E-state index in [1.165, 1.54) is 0 Å². The van der Waals surface area contributed by atoms with Gasteiger partial charge in [0.25, 0.3) is 0 Å². The number of rotatable bonds is 7. The molecule has 184 valence electrons. The lowest BCUT2D eigenvalue weighted by Gasteiger charge is -2.42. The fourth-order valence-corrected chi connectivity index (χ4v) is 5.87. The Morgan fingerprint density at radius 3 is 2.44 bits per heavy atom. The minimum absolute atomic E-state index is 0.290. The van der Waals surface area contributed by atoms with Gasteiger partial charge in [0.2, 0.25) is 15.9 Å². The highest BCUT2D eigenvalue weighted by Gasteiger charge is 2.40. The van der Waals surface area contributed by atoms with Gasteiger partial charge in [-0.15, -0.1) is 0 Å². The van der Waals surface area contributed by atoms with Gasteiger partial charge in [0.1, 0.15) is 30.6 Å². The van der Waals surface area contributed by atoms with Gasteiger partial charge in [-0.3, -0.25) is 9.10 Å². The Balaban J connectivity index is 1.62. The summed E-state index contributed by atoms with van der Waals surface area (Å²) < 4.78 is 44.2. The third-order valence-corrected chi connectivity index (χ3v) is 7.91. The van der Waals surface area contributed by atoms with E-state index < -0.39 is 16.1 Å². The van der Waals surface area contributed by atoms with Gasteiger partial charge in [-0.25, -0.2) is 8.42 Å². The number of ether oxygens (including phenoxy) is 3. The smallest absolute Gasteiger partial charge is 0.244 e. The van der Waals surface area contributed by atoms with E-state index in [1.54, 1.807) is 25.1 Å². The summed E-state index contributed by atoms with van der Waals surface area (Å²) in [7, 11) is -3.77. The van der Waals surface area contributed by atoms with Crippen LogP contribution in [0.15, 0.2) is 42.5 Å². The van der Waals surface area contributed by atoms with Crippen molar-refractivity contribution in [1.82, 2.24) is 5.32 Å². The van der Waals surface area contributed by atoms with Crippen molar-refractivity contribution in [2.24, 2.45) is 0 Å². The van der Waals surface area contributed by atoms with Crippen molar-refractivity contribution < 1.29 is 27.4 Å². The first kappa shape index (κ1) is 24.2. The summed E-state index contributed by atoms with van der Waals surface area (Å²) in [4.78, 5) is 13.4. The van der Waals surface area contributed by atoms with Gasteiger partial charge in [0.05, 0.1) is 18.0 Å². The Hall–Kier alpha value is -2.94. The van der Waals surface area contributed by atoms with Crippen molar-refractivity contribution in [2.45, 2.75) is 57.7 Å². The molecule has 4 rings (SSSR count). The summed E-state index contributed by atoms with van der Waals surface area (Å²) >= 11 is 0. The van der Waals surface area contributed by atoms with Crippen LogP contribution in [0.3, 0.4) is 0 Å². The topological polar surface area (TPSA) is 94.2 Å². The summed E-state index contributed by atoms with van der Waals surface area (Å²) in [5.41, 5.74) is 0.853. The van der Waals surface area contributed by atoms with Crippen LogP contribution in [-0.4, -0.2) is 45.4 Å². The first-order valence-corrected chi connectivity index (χ1v) is 13.5. The van der Waals surface area contributed by atoms with Gasteiger partial charge in [-0.2, -0.15) is 0 Å². The number of hydrogen-bond donors (Lipinski definition) is 1. The zero-order valence-corrected chi connectivity index (χ0v) is 20.9. The fourth-order valence-electron chi connectivity index (χ4n) is 4.70. The number of carbonyl (C=O) groups is 1. The maximum atomic E-state index is 13.4. The molecule has 8 nitrogen and oxygen atoms in total. The summed E-state index contributed by atoms with van der Waals surface area (Å²) in [6.45, 7) is 6.55. The number of anilines is 1. The molecule has 2 atom stereocenters. The Labute approximate surface area is 201 Å². The largest absolute Gasteiger partial charge is 0.487 e. The molecule has 0 fully saturated rings. The summed E-state index contributed by atoms with van der Waals surface area (Å²) in [6, 6.07) is 11.3. The second-order valence-electron chi connectivity index (χ2n) is 8.86. The van der Waals surface area contributed by atoms with Crippen LogP contribution in [-0.2, 0) is 14.8 Å². The van der Waals surface area contributed by atoms with E-state index in [0.717, 1.165) is 34.7 Å². The standard InChI is InChI=1S/C25H32N2O6S/c1-5-25(6-2)16-20(19-9-7-8-10-21(19)33-25)26-24(28)17(3)27(34(4,29)30)18-11-12-22-23(15-18)32-14-13-31-22/h7-12,15,17,20H,5-6,13-14,16H2,1-4H3,(H,26,28)/t17-,20+/m1/s1. The number of sulfonamides is 1. The monoisotopic (exact) mass is 488 g/mol. The highest BCUT2D eigenvalue weighted by Crippen LogP contribution is 2.43. The molecule has 1 N–H and O–H groups in total. The molecule has 0 saturated carbocycles. The molecule has 2 aliphatic rings. The number of benzene rings is 2. The molecule has 2 aliphatic heterocycles. The predicted molar refractivity (Wildman–Crippen MR) is 130 cm³/mol. The normalized spacial score (nSPS) is 19.4. The molecular weight excluding hydrogens is 456 g/mol. The zero-order chi connectivity index (χ0) is 24.5. The lowest BCUT2D eigenvalue weighted by atomic mass is 9.83. The molecule has 0 bridgehead atoms. The SMILES string of the molecule is CCC1(CC)C[C@H](NC(=O)[C@@H](C)N(c2ccc3c(c2)OCCO3)S(C)(=O)=O)c2ccccc2O1. The summed E-state index contributed by atoms with van der Waals surface area (Å²) in [5, 5.41) is 3.10. The van der Waals surface area contributed by atoms with Crippen molar-refractivity contribution >= 4 is 21.6 Å². The van der Waals surface area contributed by atoms with E-state index in [-0.39, 0.29) is 17.6 Å². The molecule has 2 aromatic carbocycles. The molecule has 0 aromatic heterocycles. The average molecular weight is 489 g/mol. The minimum Gasteiger partial charge on any atom is -0.487 e. The first-order chi connectivity index (χ1) is 16.2. The van der Waals surface area contributed by atoms with Gasteiger partial charge in [-0.1, -0.05) is 32.0 Å². The molecule has 0 radical (unpaired) electrons. The Morgan fingerprint density at radius 2 is 1.76 bits per heavy atom. The number of carbonyl (C=O) groups excluding carboxylic acids is 1. The van der Waals surface area contributed by atoms with Gasteiger partial charge in [0, 0.05) is 18.1 Å². The molecule has 2 heterocycles. The van der Waals surface area contributed by atoms with Gasteiger partial charge in [-0.05, 0) is 38.0 Å². The second kappa shape index (κ2) is 9.37. The van der Waals surface area contributed by atoms with Crippen molar-refractivity contribution in [3.05, 3.63) is 48.0 Å². The molecule has 0 unspecified atom stereocenters. The lowest BCUT2D eigenvalue weighted by Crippen LogP contribution is -2.51. The van der Waals surface area contributed by atoms with Crippen LogP contribution >= 0.6 is 0 Å². The summed E-state index contributed by atoms with van der Waals surface area (Å²) in [6.07, 6.45) is 3.30. The second-order valence-corrected chi connectivity index (χ2v) is 10.7. The number of para-hydroxylation sites is 1. The highest BCUT2D eigenvalue weighted by molar-refractivity contribution is 7.92. The summed E-state index contributed by atoms with van der Waals surface area (Å²) in [5.74, 6) is 1.37. The minimum atomic E-state index is -3.77. The van der Waals surface area contributed by atoms with E-state index in [1.807, 2.05) is 24.3 Å². The zero-order valence-electron chi connectivity index (χ0n) is 20.0. The lowest BCUT2D eigenvalue weighted by molar-refractivity contribution is -0.123. The van der Waals surface area contributed by atoms with Crippen LogP contribution in [0.5, 0.6) is 17.2 Å². The van der Waals surface area contributed by atoms with E-state index in [0.29, 0.717) is 36.8 Å². The van der Waals surface area contributed by atoms with Crippen molar-refractivity contribution in [1.29, 1.82) is 0 Å². The van der Waals surface area contributed by atoms with Gasteiger partial charge < -0.3 is 19.5 Å². The predicted octanol–water partition coefficient (Wildman–Crippen LogP) is 3.81. The quantitative estimate of drug-likeness (QED) is 0.637. The van der Waals surface area contributed by atoms with Crippen LogP contribution in [0.25, 0.3) is 0 Å². The van der Waals surface area contributed by atoms with Gasteiger partial charge >= 0.3 is 0 Å². The number of amides is 1. The Morgan fingerprint density at radius 1 is 1.09 bits per heavy atom. The van der Waals surface area contributed by atoms with E-state index in [9.17, 15) is 13.2 Å². The Kier molecular flexibility index (Phi) is 6.66. The molecule has 0 saturated heterocycles. The Bertz CT molecular complexity index is 1160. The van der Waals surface area contributed by atoms with E-state index in [4.69, 9.17) is 14.2 Å². The molecule has 34 heavy (non-hydrogen) atoms. The van der Waals surface area contributed by atoms with Crippen LogP contribution < -0.4 is 23.8 Å². The third-order valence-electron chi connectivity index (χ3n) is 6.67. The fraction of sp³-hybridized carbons (Fsp3) is 0.480. The first-order valence-electron chi connectivity index (χ1n) is 11.6. The number of nitrogens with zero attached hydrogens (tertiary/aromatic N) is 1. The highest BCUT2D eigenvalue weighted by atomic mass is 32.2. The van der Waals surface area contributed by atoms with Crippen molar-refractivity contribution in [3.63, 3.8) is 0 Å². The van der Waals surface area contributed by atoms with Crippen LogP contribution in [0.1, 0.15) is 51.6 Å². The van der Waals surface area contributed by atoms with Crippen molar-refractivity contribution in [2.75, 3.05) is 23.8 Å². The molecule has 0 spiro atoms. The maximum absolute atomic E-state index is 13.4. The van der Waals surface area contributed by atoms with E-state index >= 15 is 0 Å². The maximum Gasteiger partial charge on any atom is 0.244 e. The van der Waals surface area contributed by atoms with Crippen molar-refractivity contribution in [3.8, 4) is 17.2 Å². The molecule has 2 aromatic rings. The average Bonchev–Trinajstić information content (AvgIpc) is 2.83. The van der Waals surface area contributed by atoms with Crippen LogP contribution in [0.2, 0.25) is 0 Å². The number of fused-ring (bicyclic) bond motifs is 2. The van der Waals surface area contributed by atoms with Gasteiger partial charge in [0.15, 0.2) is 11.5 Å². The van der Waals surface area contributed by atoms with Crippen LogP contribution in [0, 0.1) is 0 Å². The molecule has 9 heteroatoms. The third kappa shape index (κ3) is 4.66. The molecular formula is C25H32N2O6S. The van der Waals surface area contributed by atoms with E-state index in [2.05, 4.69) is 19.2 Å². The van der Waals surface area contributed by atoms with Crippen LogP contribution in [0.4, 0.5) is 5.69 Å².